The van der Waals surface area contributed by atoms with Crippen LogP contribution in [-0.2, 0) is 6.54 Å². The van der Waals surface area contributed by atoms with Crippen molar-refractivity contribution < 1.29 is 18.7 Å². The molecule has 0 bridgehead atoms. The first-order valence-corrected chi connectivity index (χ1v) is 9.60. The molecule has 2 aliphatic heterocycles. The molecule has 2 aliphatic rings. The number of carbonyl (C=O) groups is 1. The topological polar surface area (TPSA) is 42.0 Å². The Hall–Kier alpha value is -3.12. The highest BCUT2D eigenvalue weighted by Gasteiger charge is 2.31. The molecule has 3 aromatic carbocycles. The van der Waals surface area contributed by atoms with Gasteiger partial charge in [-0.25, -0.2) is 4.39 Å². The summed E-state index contributed by atoms with van der Waals surface area (Å²) in [5, 5.41) is 1.89. The molecular formula is C23H21FN2O3. The van der Waals surface area contributed by atoms with E-state index in [1.54, 1.807) is 12.1 Å². The van der Waals surface area contributed by atoms with Gasteiger partial charge in [0.05, 0.1) is 0 Å². The zero-order chi connectivity index (χ0) is 20.1. The maximum absolute atomic E-state index is 13.6. The van der Waals surface area contributed by atoms with Crippen LogP contribution in [0.25, 0.3) is 21.9 Å². The minimum absolute atomic E-state index is 0.0322. The van der Waals surface area contributed by atoms with Crippen LogP contribution in [0.2, 0.25) is 0 Å². The Morgan fingerprint density at radius 1 is 1.07 bits per heavy atom. The number of benzene rings is 3. The van der Waals surface area contributed by atoms with E-state index >= 15 is 0 Å². The first-order valence-electron chi connectivity index (χ1n) is 9.60. The first kappa shape index (κ1) is 17.9. The average molecular weight is 392 g/mol. The standard InChI is InChI=1S/C23H21FN2O3/c1-25(2)7-8-26-12-19-18(23(26)27)9-15-10-20-21(29-13-28-20)11-17(15)22(19)14-3-5-16(24)6-4-14/h3-6,9-11H,7-8,12-13H2,1-2H3. The summed E-state index contributed by atoms with van der Waals surface area (Å²) in [7, 11) is 3.99. The van der Waals surface area contributed by atoms with Crippen molar-refractivity contribution in [1.29, 1.82) is 0 Å². The molecule has 0 aliphatic carbocycles. The van der Waals surface area contributed by atoms with Gasteiger partial charge in [0.15, 0.2) is 11.5 Å². The quantitative estimate of drug-likeness (QED) is 0.676. The highest BCUT2D eigenvalue weighted by atomic mass is 19.1. The Kier molecular flexibility index (Phi) is 4.17. The number of carbonyl (C=O) groups excluding carboxylic acids is 1. The number of halogens is 1. The molecule has 3 aromatic rings. The Bertz CT molecular complexity index is 1130. The Labute approximate surface area is 168 Å². The van der Waals surface area contributed by atoms with Crippen LogP contribution in [-0.4, -0.2) is 49.7 Å². The van der Waals surface area contributed by atoms with Crippen molar-refractivity contribution >= 4 is 16.7 Å². The molecule has 5 rings (SSSR count). The van der Waals surface area contributed by atoms with Crippen LogP contribution in [0.3, 0.4) is 0 Å². The highest BCUT2D eigenvalue weighted by molar-refractivity contribution is 6.09. The molecule has 6 heteroatoms. The van der Waals surface area contributed by atoms with Gasteiger partial charge in [-0.05, 0) is 71.9 Å². The molecular weight excluding hydrogens is 371 g/mol. The van der Waals surface area contributed by atoms with E-state index in [0.717, 1.165) is 34.0 Å². The van der Waals surface area contributed by atoms with Gasteiger partial charge in [-0.1, -0.05) is 12.1 Å². The zero-order valence-corrected chi connectivity index (χ0v) is 16.4. The summed E-state index contributed by atoms with van der Waals surface area (Å²) in [6.45, 7) is 2.18. The van der Waals surface area contributed by atoms with E-state index in [1.165, 1.54) is 12.1 Å². The second-order valence-corrected chi connectivity index (χ2v) is 7.74. The zero-order valence-electron chi connectivity index (χ0n) is 16.4. The molecule has 0 radical (unpaired) electrons. The molecule has 0 fully saturated rings. The van der Waals surface area contributed by atoms with E-state index in [0.29, 0.717) is 30.2 Å². The summed E-state index contributed by atoms with van der Waals surface area (Å²) >= 11 is 0. The van der Waals surface area contributed by atoms with Crippen molar-refractivity contribution in [3.05, 3.63) is 59.4 Å². The molecule has 1 amide bonds. The number of rotatable bonds is 4. The molecule has 5 nitrogen and oxygen atoms in total. The predicted octanol–water partition coefficient (Wildman–Crippen LogP) is 3.89. The van der Waals surface area contributed by atoms with Gasteiger partial charge >= 0.3 is 0 Å². The average Bonchev–Trinajstić information content (AvgIpc) is 3.28. The van der Waals surface area contributed by atoms with Crippen molar-refractivity contribution in [3.8, 4) is 22.6 Å². The molecule has 148 valence electrons. The first-order chi connectivity index (χ1) is 14.0. The monoisotopic (exact) mass is 392 g/mol. The third-order valence-electron chi connectivity index (χ3n) is 5.56. The lowest BCUT2D eigenvalue weighted by molar-refractivity contribution is 0.0768. The lowest BCUT2D eigenvalue weighted by Gasteiger charge is -2.18. The van der Waals surface area contributed by atoms with E-state index in [2.05, 4.69) is 4.90 Å². The van der Waals surface area contributed by atoms with E-state index in [9.17, 15) is 9.18 Å². The summed E-state index contributed by atoms with van der Waals surface area (Å²) in [5.74, 6) is 1.11. The van der Waals surface area contributed by atoms with Gasteiger partial charge in [0, 0.05) is 25.2 Å². The lowest BCUT2D eigenvalue weighted by atomic mass is 9.90. The second kappa shape index (κ2) is 6.74. The van der Waals surface area contributed by atoms with Gasteiger partial charge in [-0.3, -0.25) is 4.79 Å². The summed E-state index contributed by atoms with van der Waals surface area (Å²) < 4.78 is 24.7. The van der Waals surface area contributed by atoms with Crippen LogP contribution in [0.15, 0.2) is 42.5 Å². The minimum atomic E-state index is -0.285. The van der Waals surface area contributed by atoms with Crippen LogP contribution in [0.1, 0.15) is 15.9 Å². The van der Waals surface area contributed by atoms with E-state index in [1.807, 2.05) is 37.2 Å². The largest absolute Gasteiger partial charge is 0.454 e. The third kappa shape index (κ3) is 3.00. The van der Waals surface area contributed by atoms with Crippen molar-refractivity contribution in [2.24, 2.45) is 0 Å². The van der Waals surface area contributed by atoms with Crippen LogP contribution in [0.4, 0.5) is 4.39 Å². The Morgan fingerprint density at radius 3 is 2.52 bits per heavy atom. The smallest absolute Gasteiger partial charge is 0.254 e. The molecule has 0 atom stereocenters. The summed E-state index contributed by atoms with van der Waals surface area (Å²) in [4.78, 5) is 17.1. The van der Waals surface area contributed by atoms with Gasteiger partial charge in [0.1, 0.15) is 5.82 Å². The van der Waals surface area contributed by atoms with E-state index in [-0.39, 0.29) is 18.5 Å². The molecule has 2 heterocycles. The number of likely N-dealkylation sites (N-methyl/N-ethyl adjacent to an activating group) is 1. The fourth-order valence-corrected chi connectivity index (χ4v) is 4.07. The fourth-order valence-electron chi connectivity index (χ4n) is 4.07. The number of amides is 1. The minimum Gasteiger partial charge on any atom is -0.454 e. The van der Waals surface area contributed by atoms with Gasteiger partial charge in [-0.2, -0.15) is 0 Å². The summed E-state index contributed by atoms with van der Waals surface area (Å²) in [6.07, 6.45) is 0. The molecule has 0 spiro atoms. The van der Waals surface area contributed by atoms with Crippen LogP contribution in [0, 0.1) is 5.82 Å². The predicted molar refractivity (Wildman–Crippen MR) is 109 cm³/mol. The molecule has 29 heavy (non-hydrogen) atoms. The van der Waals surface area contributed by atoms with Crippen molar-refractivity contribution in [2.75, 3.05) is 34.0 Å². The number of hydrogen-bond acceptors (Lipinski definition) is 4. The molecule has 0 aromatic heterocycles. The van der Waals surface area contributed by atoms with E-state index < -0.39 is 0 Å². The van der Waals surface area contributed by atoms with Crippen LogP contribution in [0.5, 0.6) is 11.5 Å². The SMILES string of the molecule is CN(C)CCN1Cc2c(cc3cc4c(cc3c2-c2ccc(F)cc2)OCO4)C1=O. The molecule has 0 N–H and O–H groups in total. The van der Waals surface area contributed by atoms with E-state index in [4.69, 9.17) is 9.47 Å². The second-order valence-electron chi connectivity index (χ2n) is 7.74. The van der Waals surface area contributed by atoms with Crippen LogP contribution >= 0.6 is 0 Å². The van der Waals surface area contributed by atoms with Crippen molar-refractivity contribution in [1.82, 2.24) is 9.80 Å². The number of hydrogen-bond donors (Lipinski definition) is 0. The Morgan fingerprint density at radius 2 is 1.79 bits per heavy atom. The molecule has 0 saturated heterocycles. The molecule has 0 saturated carbocycles. The van der Waals surface area contributed by atoms with Gasteiger partial charge in [-0.15, -0.1) is 0 Å². The van der Waals surface area contributed by atoms with Gasteiger partial charge < -0.3 is 19.3 Å². The van der Waals surface area contributed by atoms with Gasteiger partial charge in [0.2, 0.25) is 6.79 Å². The van der Waals surface area contributed by atoms with Crippen molar-refractivity contribution in [3.63, 3.8) is 0 Å². The summed E-state index contributed by atoms with van der Waals surface area (Å²) in [6, 6.07) is 12.3. The fraction of sp³-hybridized carbons (Fsp3) is 0.261. The van der Waals surface area contributed by atoms with Crippen molar-refractivity contribution in [2.45, 2.75) is 6.54 Å². The summed E-state index contributed by atoms with van der Waals surface area (Å²) in [5.41, 5.74) is 3.52. The maximum Gasteiger partial charge on any atom is 0.254 e. The number of fused-ring (bicyclic) bond motifs is 3. The highest BCUT2D eigenvalue weighted by Crippen LogP contribution is 2.44. The number of nitrogens with zero attached hydrogens (tertiary/aromatic N) is 2. The Balaban J connectivity index is 1.71. The third-order valence-corrected chi connectivity index (χ3v) is 5.56. The number of ether oxygens (including phenoxy) is 2. The lowest BCUT2D eigenvalue weighted by Crippen LogP contribution is -2.31. The molecule has 0 unspecified atom stereocenters. The van der Waals surface area contributed by atoms with Crippen LogP contribution < -0.4 is 9.47 Å². The maximum atomic E-state index is 13.6. The normalized spacial score (nSPS) is 14.9. The van der Waals surface area contributed by atoms with Gasteiger partial charge in [0.25, 0.3) is 5.91 Å².